The first-order valence-electron chi connectivity index (χ1n) is 7.92. The summed E-state index contributed by atoms with van der Waals surface area (Å²) in [6.07, 6.45) is 3.06. The molecule has 2 aromatic carbocycles. The van der Waals surface area contributed by atoms with Crippen LogP contribution < -0.4 is 11.1 Å². The summed E-state index contributed by atoms with van der Waals surface area (Å²) in [4.78, 5) is 12.2. The van der Waals surface area contributed by atoms with Crippen molar-refractivity contribution in [2.45, 2.75) is 25.8 Å². The second-order valence-corrected chi connectivity index (χ2v) is 6.39. The van der Waals surface area contributed by atoms with Gasteiger partial charge in [0.1, 0.15) is 5.82 Å². The van der Waals surface area contributed by atoms with Crippen LogP contribution >= 0.6 is 0 Å². The molecule has 1 amide bonds. The predicted octanol–water partition coefficient (Wildman–Crippen LogP) is 3.04. The minimum absolute atomic E-state index is 0.0565. The normalized spacial score (nSPS) is 15.2. The van der Waals surface area contributed by atoms with E-state index < -0.39 is 0 Å². The third kappa shape index (κ3) is 3.96. The van der Waals surface area contributed by atoms with Crippen LogP contribution in [0.5, 0.6) is 0 Å². The highest BCUT2D eigenvalue weighted by atomic mass is 19.1. The van der Waals surface area contributed by atoms with Gasteiger partial charge in [0.15, 0.2) is 0 Å². The molecule has 120 valence electrons. The van der Waals surface area contributed by atoms with Crippen LogP contribution in [0.4, 0.5) is 4.39 Å². The Morgan fingerprint density at radius 2 is 1.65 bits per heavy atom. The summed E-state index contributed by atoms with van der Waals surface area (Å²) in [5, 5.41) is 3.03. The molecule has 1 aliphatic rings. The molecule has 0 saturated heterocycles. The smallest absolute Gasteiger partial charge is 0.251 e. The molecule has 0 unspecified atom stereocenters. The van der Waals surface area contributed by atoms with Gasteiger partial charge in [0, 0.05) is 18.7 Å². The molecule has 3 rings (SSSR count). The Morgan fingerprint density at radius 3 is 2.22 bits per heavy atom. The summed E-state index contributed by atoms with van der Waals surface area (Å²) in [6.45, 7) is 1.13. The molecule has 0 spiro atoms. The monoisotopic (exact) mass is 312 g/mol. The van der Waals surface area contributed by atoms with E-state index in [1.54, 1.807) is 12.1 Å². The molecule has 3 N–H and O–H groups in total. The van der Waals surface area contributed by atoms with Crippen molar-refractivity contribution < 1.29 is 9.18 Å². The maximum Gasteiger partial charge on any atom is 0.251 e. The van der Waals surface area contributed by atoms with Crippen LogP contribution in [0.1, 0.15) is 34.3 Å². The van der Waals surface area contributed by atoms with Crippen molar-refractivity contribution in [2.24, 2.45) is 11.1 Å². The fourth-order valence-electron chi connectivity index (χ4n) is 2.79. The molecule has 1 fully saturated rings. The Kier molecular flexibility index (Phi) is 4.44. The molecule has 1 aliphatic carbocycles. The first-order chi connectivity index (χ1) is 11.1. The first kappa shape index (κ1) is 15.7. The number of amides is 1. The number of carbonyl (C=O) groups excluding carboxylic acids is 1. The van der Waals surface area contributed by atoms with Crippen LogP contribution in [0.3, 0.4) is 0 Å². The molecule has 4 heteroatoms. The van der Waals surface area contributed by atoms with E-state index in [0.717, 1.165) is 30.4 Å². The van der Waals surface area contributed by atoms with E-state index in [9.17, 15) is 9.18 Å². The van der Waals surface area contributed by atoms with Crippen molar-refractivity contribution in [3.05, 3.63) is 71.0 Å². The molecule has 0 radical (unpaired) electrons. The van der Waals surface area contributed by atoms with Gasteiger partial charge in [-0.25, -0.2) is 4.39 Å². The average molecular weight is 312 g/mol. The van der Waals surface area contributed by atoms with E-state index in [1.807, 2.05) is 24.3 Å². The maximum absolute atomic E-state index is 13.0. The van der Waals surface area contributed by atoms with E-state index in [0.29, 0.717) is 18.7 Å². The average Bonchev–Trinajstić information content (AvgIpc) is 3.35. The highest BCUT2D eigenvalue weighted by Gasteiger charge is 2.42. The van der Waals surface area contributed by atoms with Crippen molar-refractivity contribution in [1.29, 1.82) is 0 Å². The lowest BCUT2D eigenvalue weighted by molar-refractivity contribution is 0.0944. The van der Waals surface area contributed by atoms with Crippen LogP contribution in [0, 0.1) is 11.2 Å². The lowest BCUT2D eigenvalue weighted by Gasteiger charge is -2.16. The van der Waals surface area contributed by atoms with Crippen LogP contribution in [0.25, 0.3) is 0 Å². The molecule has 2 aromatic rings. The zero-order chi connectivity index (χ0) is 16.3. The molecule has 0 atom stereocenters. The van der Waals surface area contributed by atoms with Gasteiger partial charge in [-0.05, 0) is 60.1 Å². The van der Waals surface area contributed by atoms with Gasteiger partial charge in [-0.2, -0.15) is 0 Å². The molecule has 0 bridgehead atoms. The highest BCUT2D eigenvalue weighted by molar-refractivity contribution is 5.94. The van der Waals surface area contributed by atoms with Gasteiger partial charge in [-0.1, -0.05) is 24.3 Å². The quantitative estimate of drug-likeness (QED) is 0.861. The van der Waals surface area contributed by atoms with Crippen molar-refractivity contribution in [2.75, 3.05) is 6.54 Å². The van der Waals surface area contributed by atoms with E-state index in [-0.39, 0.29) is 17.1 Å². The van der Waals surface area contributed by atoms with Gasteiger partial charge in [-0.3, -0.25) is 4.79 Å². The molecular weight excluding hydrogens is 291 g/mol. The number of hydrogen-bond acceptors (Lipinski definition) is 2. The molecule has 3 nitrogen and oxygen atoms in total. The van der Waals surface area contributed by atoms with Gasteiger partial charge >= 0.3 is 0 Å². The third-order valence-corrected chi connectivity index (χ3v) is 4.53. The molecule has 0 aliphatic heterocycles. The van der Waals surface area contributed by atoms with Gasteiger partial charge < -0.3 is 11.1 Å². The molecule has 0 aromatic heterocycles. The lowest BCUT2D eigenvalue weighted by Crippen LogP contribution is -2.31. The Bertz CT molecular complexity index is 676. The lowest BCUT2D eigenvalue weighted by atomic mass is 9.96. The number of rotatable bonds is 6. The largest absolute Gasteiger partial charge is 0.351 e. The van der Waals surface area contributed by atoms with Crippen LogP contribution in [0.2, 0.25) is 0 Å². The number of hydrogen-bond donors (Lipinski definition) is 2. The summed E-state index contributed by atoms with van der Waals surface area (Å²) in [6, 6.07) is 14.0. The minimum atomic E-state index is -0.215. The molecule has 23 heavy (non-hydrogen) atoms. The fraction of sp³-hybridized carbons (Fsp3) is 0.316. The highest BCUT2D eigenvalue weighted by Crippen LogP contribution is 2.47. The SMILES string of the molecule is NCc1ccc(C(=O)NCC2(Cc3ccc(F)cc3)CC2)cc1. The van der Waals surface area contributed by atoms with Crippen molar-refractivity contribution in [1.82, 2.24) is 5.32 Å². The fourth-order valence-corrected chi connectivity index (χ4v) is 2.79. The van der Waals surface area contributed by atoms with E-state index in [4.69, 9.17) is 5.73 Å². The number of carbonyl (C=O) groups is 1. The number of halogens is 1. The number of nitrogens with one attached hydrogen (secondary N) is 1. The second kappa shape index (κ2) is 6.50. The first-order valence-corrected chi connectivity index (χ1v) is 7.92. The van der Waals surface area contributed by atoms with Gasteiger partial charge in [0.2, 0.25) is 0 Å². The van der Waals surface area contributed by atoms with E-state index >= 15 is 0 Å². The zero-order valence-electron chi connectivity index (χ0n) is 13.0. The maximum atomic E-state index is 13.0. The summed E-state index contributed by atoms with van der Waals surface area (Å²) in [5.74, 6) is -0.272. The van der Waals surface area contributed by atoms with Gasteiger partial charge in [0.25, 0.3) is 5.91 Å². The standard InChI is InChI=1S/C19H21FN2O/c20-17-7-3-14(4-8-17)11-19(9-10-19)13-22-18(23)16-5-1-15(12-21)2-6-16/h1-8H,9-13,21H2,(H,22,23). The Morgan fingerprint density at radius 1 is 1.04 bits per heavy atom. The number of benzene rings is 2. The van der Waals surface area contributed by atoms with Crippen LogP contribution in [-0.2, 0) is 13.0 Å². The minimum Gasteiger partial charge on any atom is -0.351 e. The van der Waals surface area contributed by atoms with Crippen molar-refractivity contribution in [3.8, 4) is 0 Å². The molecule has 0 heterocycles. The Labute approximate surface area is 135 Å². The van der Waals surface area contributed by atoms with E-state index in [2.05, 4.69) is 5.32 Å². The van der Waals surface area contributed by atoms with Gasteiger partial charge in [0.05, 0.1) is 0 Å². The predicted molar refractivity (Wildman–Crippen MR) is 88.4 cm³/mol. The summed E-state index contributed by atoms with van der Waals surface area (Å²) < 4.78 is 13.0. The van der Waals surface area contributed by atoms with Crippen LogP contribution in [0.15, 0.2) is 48.5 Å². The van der Waals surface area contributed by atoms with Crippen molar-refractivity contribution >= 4 is 5.91 Å². The van der Waals surface area contributed by atoms with Gasteiger partial charge in [-0.15, -0.1) is 0 Å². The topological polar surface area (TPSA) is 55.1 Å². The number of nitrogens with two attached hydrogens (primary N) is 1. The van der Waals surface area contributed by atoms with Crippen molar-refractivity contribution in [3.63, 3.8) is 0 Å². The second-order valence-electron chi connectivity index (χ2n) is 6.39. The zero-order valence-corrected chi connectivity index (χ0v) is 13.0. The molecular formula is C19H21FN2O. The molecule has 1 saturated carbocycles. The summed E-state index contributed by atoms with van der Waals surface area (Å²) >= 11 is 0. The van der Waals surface area contributed by atoms with E-state index in [1.165, 1.54) is 12.1 Å². The van der Waals surface area contributed by atoms with Crippen LogP contribution in [-0.4, -0.2) is 12.5 Å². The summed E-state index contributed by atoms with van der Waals surface area (Å²) in [5.41, 5.74) is 8.47. The third-order valence-electron chi connectivity index (χ3n) is 4.53. The Hall–Kier alpha value is -2.20. The Balaban J connectivity index is 1.56. The summed E-state index contributed by atoms with van der Waals surface area (Å²) in [7, 11) is 0.